The third-order valence-electron chi connectivity index (χ3n) is 2.87. The molecule has 0 saturated heterocycles. The monoisotopic (exact) mass is 279 g/mol. The van der Waals surface area contributed by atoms with E-state index in [-0.39, 0.29) is 22.3 Å². The van der Waals surface area contributed by atoms with Gasteiger partial charge in [-0.25, -0.2) is 0 Å². The molecule has 1 heterocycles. The van der Waals surface area contributed by atoms with E-state index in [4.69, 9.17) is 16.3 Å². The lowest BCUT2D eigenvalue weighted by Crippen LogP contribution is -2.20. The second-order valence-electron chi connectivity index (χ2n) is 4.25. The van der Waals surface area contributed by atoms with Crippen LogP contribution in [0.3, 0.4) is 0 Å². The minimum atomic E-state index is -0.386. The van der Waals surface area contributed by atoms with Crippen molar-refractivity contribution in [1.82, 2.24) is 4.57 Å². The molecule has 1 aromatic carbocycles. The molecule has 0 atom stereocenters. The maximum Gasteiger partial charge on any atom is 0.311 e. The Bertz CT molecular complexity index is 691. The number of aromatic nitrogens is 1. The maximum atomic E-state index is 12.0. The number of pyridine rings is 1. The third kappa shape index (κ3) is 2.49. The predicted octanol–water partition coefficient (Wildman–Crippen LogP) is 2.90. The molecule has 0 aliphatic heterocycles. The summed E-state index contributed by atoms with van der Waals surface area (Å²) in [6.07, 6.45) is 0.971. The second-order valence-corrected chi connectivity index (χ2v) is 4.63. The van der Waals surface area contributed by atoms with Crippen LogP contribution in [0.15, 0.2) is 29.1 Å². The highest BCUT2D eigenvalue weighted by Crippen LogP contribution is 2.30. The van der Waals surface area contributed by atoms with Gasteiger partial charge in [-0.1, -0.05) is 30.7 Å². The van der Waals surface area contributed by atoms with E-state index >= 15 is 0 Å². The molecule has 0 fully saturated rings. The number of halogens is 1. The number of carbonyl (C=O) groups is 1. The Balaban J connectivity index is 2.66. The number of nitrogens with zero attached hydrogens (tertiary/aromatic N) is 1. The second kappa shape index (κ2) is 5.45. The van der Waals surface area contributed by atoms with Crippen molar-refractivity contribution in [1.29, 1.82) is 0 Å². The van der Waals surface area contributed by atoms with Gasteiger partial charge in [-0.15, -0.1) is 0 Å². The molecule has 0 saturated carbocycles. The third-order valence-corrected chi connectivity index (χ3v) is 3.21. The zero-order valence-electron chi connectivity index (χ0n) is 10.8. The molecule has 0 bridgehead atoms. The van der Waals surface area contributed by atoms with E-state index in [0.717, 1.165) is 0 Å². The summed E-state index contributed by atoms with van der Waals surface area (Å²) in [4.78, 5) is 23.6. The van der Waals surface area contributed by atoms with E-state index < -0.39 is 0 Å². The number of fused-ring (bicyclic) bond motifs is 1. The number of esters is 1. The number of carbonyl (C=O) groups excluding carboxylic acids is 1. The van der Waals surface area contributed by atoms with Crippen LogP contribution in [-0.2, 0) is 11.8 Å². The highest BCUT2D eigenvalue weighted by Gasteiger charge is 2.17. The van der Waals surface area contributed by atoms with Crippen molar-refractivity contribution in [3.8, 4) is 5.75 Å². The molecule has 2 rings (SSSR count). The van der Waals surface area contributed by atoms with Gasteiger partial charge in [0.25, 0.3) is 5.56 Å². The Morgan fingerprint density at radius 3 is 2.74 bits per heavy atom. The first kappa shape index (κ1) is 13.6. The number of para-hydroxylation sites is 1. The summed E-state index contributed by atoms with van der Waals surface area (Å²) in [6, 6.07) is 7.17. The molecule has 0 unspecified atom stereocenters. The smallest absolute Gasteiger partial charge is 0.311 e. The van der Waals surface area contributed by atoms with E-state index in [0.29, 0.717) is 23.7 Å². The summed E-state index contributed by atoms with van der Waals surface area (Å²) < 4.78 is 6.69. The van der Waals surface area contributed by atoms with Gasteiger partial charge in [0.2, 0.25) is 0 Å². The Hall–Kier alpha value is -1.81. The Morgan fingerprint density at radius 1 is 1.37 bits per heavy atom. The molecule has 0 radical (unpaired) electrons. The zero-order valence-corrected chi connectivity index (χ0v) is 11.5. The molecule has 0 aliphatic rings. The number of hydrogen-bond donors (Lipinski definition) is 0. The van der Waals surface area contributed by atoms with E-state index in [1.165, 1.54) is 4.57 Å². The molecule has 4 nitrogen and oxygen atoms in total. The summed E-state index contributed by atoms with van der Waals surface area (Å²) in [5.41, 5.74) is 0.302. The van der Waals surface area contributed by atoms with Crippen LogP contribution < -0.4 is 10.3 Å². The highest BCUT2D eigenvalue weighted by atomic mass is 35.5. The first-order valence-corrected chi connectivity index (χ1v) is 6.42. The van der Waals surface area contributed by atoms with Gasteiger partial charge in [-0.3, -0.25) is 9.59 Å². The molecule has 5 heteroatoms. The van der Waals surface area contributed by atoms with Crippen LogP contribution >= 0.6 is 11.6 Å². The van der Waals surface area contributed by atoms with Gasteiger partial charge in [0.15, 0.2) is 5.75 Å². The van der Waals surface area contributed by atoms with Crippen LogP contribution in [0.5, 0.6) is 5.75 Å². The van der Waals surface area contributed by atoms with Gasteiger partial charge in [-0.2, -0.15) is 0 Å². The number of hydrogen-bond acceptors (Lipinski definition) is 3. The average Bonchev–Trinajstić information content (AvgIpc) is 2.41. The van der Waals surface area contributed by atoms with Gasteiger partial charge in [0.1, 0.15) is 5.02 Å². The first-order valence-electron chi connectivity index (χ1n) is 6.04. The molecular formula is C14H14ClNO3. The van der Waals surface area contributed by atoms with Crippen molar-refractivity contribution in [2.24, 2.45) is 7.05 Å². The lowest BCUT2D eigenvalue weighted by molar-refractivity contribution is -0.134. The summed E-state index contributed by atoms with van der Waals surface area (Å²) in [6.45, 7) is 1.88. The molecule has 100 valence electrons. The van der Waals surface area contributed by atoms with E-state index in [2.05, 4.69) is 0 Å². The topological polar surface area (TPSA) is 48.3 Å². The van der Waals surface area contributed by atoms with Gasteiger partial charge in [0, 0.05) is 18.9 Å². The van der Waals surface area contributed by atoms with Crippen molar-refractivity contribution >= 4 is 28.5 Å². The van der Waals surface area contributed by atoms with Crippen molar-refractivity contribution in [3.63, 3.8) is 0 Å². The minimum Gasteiger partial charge on any atom is -0.424 e. The number of rotatable bonds is 3. The standard InChI is InChI=1S/C14H14ClNO3/c1-3-6-11(17)19-13-9-7-4-5-8-10(9)16(2)14(18)12(13)15/h4-5,7-8H,3,6H2,1-2H3. The van der Waals surface area contributed by atoms with Gasteiger partial charge >= 0.3 is 5.97 Å². The fraction of sp³-hybridized carbons (Fsp3) is 0.286. The molecule has 0 N–H and O–H groups in total. The van der Waals surface area contributed by atoms with Crippen LogP contribution in [0.25, 0.3) is 10.9 Å². The predicted molar refractivity (Wildman–Crippen MR) is 74.7 cm³/mol. The maximum absolute atomic E-state index is 12.0. The zero-order chi connectivity index (χ0) is 14.0. The molecule has 1 aromatic heterocycles. The van der Waals surface area contributed by atoms with E-state index in [1.54, 1.807) is 25.2 Å². The van der Waals surface area contributed by atoms with Crippen LogP contribution in [-0.4, -0.2) is 10.5 Å². The van der Waals surface area contributed by atoms with Gasteiger partial charge in [-0.05, 0) is 18.6 Å². The minimum absolute atomic E-state index is 0.0642. The lowest BCUT2D eigenvalue weighted by atomic mass is 10.2. The van der Waals surface area contributed by atoms with Crippen molar-refractivity contribution in [2.75, 3.05) is 0 Å². The summed E-state index contributed by atoms with van der Waals surface area (Å²) >= 11 is 6.01. The van der Waals surface area contributed by atoms with Gasteiger partial charge < -0.3 is 9.30 Å². The molecular weight excluding hydrogens is 266 g/mol. The molecule has 19 heavy (non-hydrogen) atoms. The van der Waals surface area contributed by atoms with Crippen molar-refractivity contribution < 1.29 is 9.53 Å². The Kier molecular flexibility index (Phi) is 3.90. The quantitative estimate of drug-likeness (QED) is 0.812. The normalized spacial score (nSPS) is 10.7. The molecule has 0 spiro atoms. The molecule has 2 aromatic rings. The largest absolute Gasteiger partial charge is 0.424 e. The van der Waals surface area contributed by atoms with Crippen LogP contribution in [0, 0.1) is 0 Å². The Morgan fingerprint density at radius 2 is 2.05 bits per heavy atom. The van der Waals surface area contributed by atoms with Crippen LogP contribution in [0.4, 0.5) is 0 Å². The SMILES string of the molecule is CCCC(=O)Oc1c(Cl)c(=O)n(C)c2ccccc12. The Labute approximate surface area is 115 Å². The summed E-state index contributed by atoms with van der Waals surface area (Å²) in [5, 5.41) is 0.588. The molecule has 0 amide bonds. The van der Waals surface area contributed by atoms with Crippen molar-refractivity contribution in [2.45, 2.75) is 19.8 Å². The average molecular weight is 280 g/mol. The highest BCUT2D eigenvalue weighted by molar-refractivity contribution is 6.33. The summed E-state index contributed by atoms with van der Waals surface area (Å²) in [5.74, 6) is -0.235. The fourth-order valence-electron chi connectivity index (χ4n) is 1.90. The van der Waals surface area contributed by atoms with Crippen LogP contribution in [0.2, 0.25) is 5.02 Å². The van der Waals surface area contributed by atoms with E-state index in [9.17, 15) is 9.59 Å². The number of ether oxygens (including phenoxy) is 1. The van der Waals surface area contributed by atoms with E-state index in [1.807, 2.05) is 13.0 Å². The fourth-order valence-corrected chi connectivity index (χ4v) is 2.17. The summed E-state index contributed by atoms with van der Waals surface area (Å²) in [7, 11) is 1.63. The first-order chi connectivity index (χ1) is 9.06. The number of aryl methyl sites for hydroxylation is 1. The van der Waals surface area contributed by atoms with Crippen LogP contribution in [0.1, 0.15) is 19.8 Å². The molecule has 0 aliphatic carbocycles. The number of benzene rings is 1. The lowest BCUT2D eigenvalue weighted by Gasteiger charge is -2.12. The van der Waals surface area contributed by atoms with Crippen molar-refractivity contribution in [3.05, 3.63) is 39.6 Å². The van der Waals surface area contributed by atoms with Gasteiger partial charge in [0.05, 0.1) is 5.52 Å².